The highest BCUT2D eigenvalue weighted by Gasteiger charge is 2.26. The Bertz CT molecular complexity index is 514. The summed E-state index contributed by atoms with van der Waals surface area (Å²) in [6.07, 6.45) is 2.48. The van der Waals surface area contributed by atoms with E-state index in [4.69, 9.17) is 9.47 Å². The molecule has 1 amide bonds. The lowest BCUT2D eigenvalue weighted by Crippen LogP contribution is -2.29. The number of carbonyl (C=O) groups is 1. The highest BCUT2D eigenvalue weighted by Crippen LogP contribution is 2.39. The first-order chi connectivity index (χ1) is 9.15. The lowest BCUT2D eigenvalue weighted by molar-refractivity contribution is 0.0787. The van der Waals surface area contributed by atoms with Crippen molar-refractivity contribution >= 4 is 21.8 Å². The maximum atomic E-state index is 12.4. The van der Waals surface area contributed by atoms with Crippen LogP contribution in [-0.4, -0.2) is 37.6 Å². The average molecular weight is 326 g/mol. The molecule has 0 saturated heterocycles. The van der Waals surface area contributed by atoms with Gasteiger partial charge in [-0.2, -0.15) is 0 Å². The third kappa shape index (κ3) is 2.71. The summed E-state index contributed by atoms with van der Waals surface area (Å²) in [5.74, 6) is 2.05. The van der Waals surface area contributed by atoms with Crippen LogP contribution < -0.4 is 9.47 Å². The number of carbonyl (C=O) groups excluding carboxylic acids is 1. The molecule has 0 N–H and O–H groups in total. The number of fused-ring (bicyclic) bond motifs is 1. The van der Waals surface area contributed by atoms with Gasteiger partial charge in [0.2, 0.25) is 0 Å². The smallest absolute Gasteiger partial charge is 0.253 e. The Morgan fingerprint density at radius 2 is 2.11 bits per heavy atom. The van der Waals surface area contributed by atoms with E-state index in [1.165, 1.54) is 12.8 Å². The Labute approximate surface area is 120 Å². The van der Waals surface area contributed by atoms with Gasteiger partial charge >= 0.3 is 0 Å². The summed E-state index contributed by atoms with van der Waals surface area (Å²) in [5.41, 5.74) is 0.638. The number of amides is 1. The van der Waals surface area contributed by atoms with Gasteiger partial charge in [-0.25, -0.2) is 0 Å². The fraction of sp³-hybridized carbons (Fsp3) is 0.500. The van der Waals surface area contributed by atoms with Crippen LogP contribution in [0.25, 0.3) is 0 Å². The molecular formula is C14H16BrNO3. The van der Waals surface area contributed by atoms with E-state index in [9.17, 15) is 4.79 Å². The molecule has 0 radical (unpaired) electrons. The molecule has 0 bridgehead atoms. The Kier molecular flexibility index (Phi) is 3.39. The fourth-order valence-electron chi connectivity index (χ4n) is 2.23. The quantitative estimate of drug-likeness (QED) is 0.857. The summed E-state index contributed by atoms with van der Waals surface area (Å²) in [5, 5.41) is 0. The Morgan fingerprint density at radius 3 is 2.84 bits per heavy atom. The molecule has 1 aromatic rings. The summed E-state index contributed by atoms with van der Waals surface area (Å²) < 4.78 is 11.8. The molecule has 2 aliphatic rings. The van der Waals surface area contributed by atoms with Crippen molar-refractivity contribution in [1.29, 1.82) is 0 Å². The molecule has 1 aliphatic carbocycles. The summed E-state index contributed by atoms with van der Waals surface area (Å²) in [4.78, 5) is 14.1. The molecule has 19 heavy (non-hydrogen) atoms. The van der Waals surface area contributed by atoms with E-state index < -0.39 is 0 Å². The third-order valence-electron chi connectivity index (χ3n) is 3.42. The lowest BCUT2D eigenvalue weighted by Gasteiger charge is -2.22. The van der Waals surface area contributed by atoms with Gasteiger partial charge in [-0.15, -0.1) is 0 Å². The molecular weight excluding hydrogens is 310 g/mol. The van der Waals surface area contributed by atoms with Crippen molar-refractivity contribution in [2.75, 3.05) is 26.8 Å². The second-order valence-corrected chi connectivity index (χ2v) is 5.97. The molecule has 1 fully saturated rings. The van der Waals surface area contributed by atoms with Crippen molar-refractivity contribution in [2.45, 2.75) is 12.8 Å². The van der Waals surface area contributed by atoms with Gasteiger partial charge in [0.05, 0.1) is 4.47 Å². The first-order valence-corrected chi connectivity index (χ1v) is 7.29. The van der Waals surface area contributed by atoms with E-state index in [1.54, 1.807) is 17.0 Å². The van der Waals surface area contributed by atoms with Crippen LogP contribution in [0.3, 0.4) is 0 Å². The Hall–Kier alpha value is -1.23. The Balaban J connectivity index is 1.83. The van der Waals surface area contributed by atoms with Crippen LogP contribution in [0.1, 0.15) is 23.2 Å². The zero-order valence-electron chi connectivity index (χ0n) is 10.8. The number of ether oxygens (including phenoxy) is 2. The van der Waals surface area contributed by atoms with Gasteiger partial charge in [0.1, 0.15) is 13.2 Å². The molecule has 5 heteroatoms. The molecule has 4 nitrogen and oxygen atoms in total. The molecule has 3 rings (SSSR count). The number of nitrogens with zero attached hydrogens (tertiary/aromatic N) is 1. The number of halogens is 1. The SMILES string of the molecule is CN(CC1CC1)C(=O)c1cc(Br)c2c(c1)OCCO2. The summed E-state index contributed by atoms with van der Waals surface area (Å²) in [6.45, 7) is 1.90. The van der Waals surface area contributed by atoms with Crippen LogP contribution in [0.5, 0.6) is 11.5 Å². The predicted molar refractivity (Wildman–Crippen MR) is 74.8 cm³/mol. The van der Waals surface area contributed by atoms with E-state index in [0.29, 0.717) is 36.2 Å². The molecule has 0 spiro atoms. The van der Waals surface area contributed by atoms with Crippen LogP contribution >= 0.6 is 15.9 Å². The van der Waals surface area contributed by atoms with Crippen molar-refractivity contribution in [3.63, 3.8) is 0 Å². The molecule has 0 atom stereocenters. The van der Waals surface area contributed by atoms with Crippen molar-refractivity contribution in [2.24, 2.45) is 5.92 Å². The molecule has 102 valence electrons. The van der Waals surface area contributed by atoms with E-state index >= 15 is 0 Å². The maximum absolute atomic E-state index is 12.4. The number of hydrogen-bond acceptors (Lipinski definition) is 3. The molecule has 0 aromatic heterocycles. The predicted octanol–water partition coefficient (Wildman–Crippen LogP) is 2.70. The van der Waals surface area contributed by atoms with Gasteiger partial charge in [0.25, 0.3) is 5.91 Å². The lowest BCUT2D eigenvalue weighted by atomic mass is 10.1. The monoisotopic (exact) mass is 325 g/mol. The Morgan fingerprint density at radius 1 is 1.37 bits per heavy atom. The topological polar surface area (TPSA) is 38.8 Å². The maximum Gasteiger partial charge on any atom is 0.253 e. The first kappa shape index (κ1) is 12.8. The van der Waals surface area contributed by atoms with Crippen LogP contribution in [0.15, 0.2) is 16.6 Å². The largest absolute Gasteiger partial charge is 0.486 e. The standard InChI is InChI=1S/C14H16BrNO3/c1-16(8-9-2-3-9)14(17)10-6-11(15)13-12(7-10)18-4-5-19-13/h6-7,9H,2-5,8H2,1H3. The molecule has 1 aromatic carbocycles. The third-order valence-corrected chi connectivity index (χ3v) is 4.01. The van der Waals surface area contributed by atoms with Gasteiger partial charge in [-0.3, -0.25) is 4.79 Å². The van der Waals surface area contributed by atoms with E-state index in [1.807, 2.05) is 7.05 Å². The van der Waals surface area contributed by atoms with Crippen LogP contribution in [0.4, 0.5) is 0 Å². The minimum absolute atomic E-state index is 0.0320. The highest BCUT2D eigenvalue weighted by molar-refractivity contribution is 9.10. The van der Waals surface area contributed by atoms with Crippen molar-refractivity contribution < 1.29 is 14.3 Å². The van der Waals surface area contributed by atoms with Gasteiger partial charge in [0, 0.05) is 19.2 Å². The molecule has 1 saturated carbocycles. The minimum atomic E-state index is 0.0320. The van der Waals surface area contributed by atoms with Crippen LogP contribution in [-0.2, 0) is 0 Å². The van der Waals surface area contributed by atoms with Gasteiger partial charge in [0.15, 0.2) is 11.5 Å². The molecule has 1 aliphatic heterocycles. The highest BCUT2D eigenvalue weighted by atomic mass is 79.9. The molecule has 0 unspecified atom stereocenters. The zero-order chi connectivity index (χ0) is 13.4. The number of rotatable bonds is 3. The minimum Gasteiger partial charge on any atom is -0.486 e. The fourth-order valence-corrected chi connectivity index (χ4v) is 2.78. The van der Waals surface area contributed by atoms with E-state index in [0.717, 1.165) is 11.0 Å². The van der Waals surface area contributed by atoms with Gasteiger partial charge in [-0.05, 0) is 46.8 Å². The van der Waals surface area contributed by atoms with Gasteiger partial charge in [-0.1, -0.05) is 0 Å². The van der Waals surface area contributed by atoms with Crippen LogP contribution in [0, 0.1) is 5.92 Å². The average Bonchev–Trinajstić information content (AvgIpc) is 3.21. The van der Waals surface area contributed by atoms with E-state index in [-0.39, 0.29) is 5.91 Å². The summed E-state index contributed by atoms with van der Waals surface area (Å²) in [7, 11) is 1.85. The first-order valence-electron chi connectivity index (χ1n) is 6.50. The zero-order valence-corrected chi connectivity index (χ0v) is 12.4. The summed E-state index contributed by atoms with van der Waals surface area (Å²) in [6, 6.07) is 3.57. The second-order valence-electron chi connectivity index (χ2n) is 5.11. The number of hydrogen-bond donors (Lipinski definition) is 0. The van der Waals surface area contributed by atoms with Crippen molar-refractivity contribution in [3.8, 4) is 11.5 Å². The van der Waals surface area contributed by atoms with E-state index in [2.05, 4.69) is 15.9 Å². The second kappa shape index (κ2) is 5.04. The molecule has 1 heterocycles. The van der Waals surface area contributed by atoms with Crippen LogP contribution in [0.2, 0.25) is 0 Å². The summed E-state index contributed by atoms with van der Waals surface area (Å²) >= 11 is 3.44. The van der Waals surface area contributed by atoms with Crippen molar-refractivity contribution in [1.82, 2.24) is 4.90 Å². The van der Waals surface area contributed by atoms with Crippen molar-refractivity contribution in [3.05, 3.63) is 22.2 Å². The number of benzene rings is 1. The normalized spacial score (nSPS) is 17.2. The van der Waals surface area contributed by atoms with Gasteiger partial charge < -0.3 is 14.4 Å².